The minimum absolute atomic E-state index is 0.0479. The molecule has 0 saturated carbocycles. The largest absolute Gasteiger partial charge is 0.336 e. The highest BCUT2D eigenvalue weighted by Crippen LogP contribution is 2.13. The van der Waals surface area contributed by atoms with Crippen molar-refractivity contribution in [2.45, 2.75) is 33.7 Å². The second-order valence-corrected chi connectivity index (χ2v) is 6.18. The third-order valence-electron chi connectivity index (χ3n) is 4.02. The average Bonchev–Trinajstić information content (AvgIpc) is 2.49. The van der Waals surface area contributed by atoms with Crippen molar-refractivity contribution in [2.24, 2.45) is 0 Å². The van der Waals surface area contributed by atoms with E-state index in [0.717, 1.165) is 11.1 Å². The number of hydrogen-bond donors (Lipinski definition) is 1. The van der Waals surface area contributed by atoms with E-state index in [1.54, 1.807) is 4.90 Å². The Morgan fingerprint density at radius 3 is 2.14 bits per heavy atom. The number of amides is 3. The number of carbonyl (C=O) groups excluding carboxylic acids is 2. The maximum atomic E-state index is 12.5. The maximum Gasteiger partial charge on any atom is 0.317 e. The minimum atomic E-state index is -0.0479. The predicted octanol–water partition coefficient (Wildman–Crippen LogP) is 2.18. The van der Waals surface area contributed by atoms with Crippen LogP contribution in [0.5, 0.6) is 0 Å². The molecule has 1 aromatic rings. The summed E-state index contributed by atoms with van der Waals surface area (Å²) in [5.41, 5.74) is 3.04. The van der Waals surface area contributed by atoms with Crippen molar-refractivity contribution in [3.05, 3.63) is 34.9 Å². The molecule has 1 aliphatic heterocycles. The SMILES string of the molecule is Cc1ccc(C(=O)N2CCN(C(=O)NC(C)C)CC2)cc1C. The highest BCUT2D eigenvalue weighted by Gasteiger charge is 2.25. The lowest BCUT2D eigenvalue weighted by Gasteiger charge is -2.35. The fourth-order valence-corrected chi connectivity index (χ4v) is 2.51. The van der Waals surface area contributed by atoms with Crippen LogP contribution in [0.25, 0.3) is 0 Å². The molecule has 3 amide bonds. The van der Waals surface area contributed by atoms with Gasteiger partial charge >= 0.3 is 6.03 Å². The topological polar surface area (TPSA) is 52.7 Å². The standard InChI is InChI=1S/C17H25N3O2/c1-12(2)18-17(22)20-9-7-19(8-10-20)16(21)15-6-5-13(3)14(4)11-15/h5-6,11-12H,7-10H2,1-4H3,(H,18,22). The van der Waals surface area contributed by atoms with E-state index in [9.17, 15) is 9.59 Å². The summed E-state index contributed by atoms with van der Waals surface area (Å²) in [6, 6.07) is 5.88. The molecule has 0 aromatic heterocycles. The summed E-state index contributed by atoms with van der Waals surface area (Å²) in [6.45, 7) is 10.3. The second kappa shape index (κ2) is 6.81. The average molecular weight is 303 g/mol. The van der Waals surface area contributed by atoms with Crippen molar-refractivity contribution in [1.82, 2.24) is 15.1 Å². The maximum absolute atomic E-state index is 12.5. The van der Waals surface area contributed by atoms with E-state index in [-0.39, 0.29) is 18.0 Å². The van der Waals surface area contributed by atoms with Gasteiger partial charge in [0, 0.05) is 37.8 Å². The van der Waals surface area contributed by atoms with Gasteiger partial charge in [-0.2, -0.15) is 0 Å². The van der Waals surface area contributed by atoms with E-state index >= 15 is 0 Å². The number of piperazine rings is 1. The lowest BCUT2D eigenvalue weighted by atomic mass is 10.1. The van der Waals surface area contributed by atoms with E-state index in [4.69, 9.17) is 0 Å². The van der Waals surface area contributed by atoms with Crippen LogP contribution in [0.3, 0.4) is 0 Å². The molecule has 0 aliphatic carbocycles. The monoisotopic (exact) mass is 303 g/mol. The summed E-state index contributed by atoms with van der Waals surface area (Å²) in [5, 5.41) is 2.89. The van der Waals surface area contributed by atoms with Gasteiger partial charge in [0.25, 0.3) is 5.91 Å². The Morgan fingerprint density at radius 1 is 1.00 bits per heavy atom. The van der Waals surface area contributed by atoms with E-state index < -0.39 is 0 Å². The molecule has 5 nitrogen and oxygen atoms in total. The van der Waals surface area contributed by atoms with E-state index in [1.165, 1.54) is 5.56 Å². The number of urea groups is 1. The molecule has 0 spiro atoms. The van der Waals surface area contributed by atoms with Gasteiger partial charge in [0.15, 0.2) is 0 Å². The lowest BCUT2D eigenvalue weighted by molar-refractivity contribution is 0.0664. The number of rotatable bonds is 2. The summed E-state index contributed by atoms with van der Waals surface area (Å²) in [4.78, 5) is 28.1. The van der Waals surface area contributed by atoms with Crippen LogP contribution in [0.2, 0.25) is 0 Å². The number of nitrogens with zero attached hydrogens (tertiary/aromatic N) is 2. The Morgan fingerprint density at radius 2 is 1.59 bits per heavy atom. The molecule has 1 aromatic carbocycles. The highest BCUT2D eigenvalue weighted by molar-refractivity contribution is 5.94. The Balaban J connectivity index is 1.95. The van der Waals surface area contributed by atoms with Crippen LogP contribution in [0.1, 0.15) is 35.3 Å². The summed E-state index contributed by atoms with van der Waals surface area (Å²) in [7, 11) is 0. The Labute approximate surface area is 132 Å². The van der Waals surface area contributed by atoms with Crippen molar-refractivity contribution in [3.8, 4) is 0 Å². The Bertz CT molecular complexity index is 561. The number of aryl methyl sites for hydroxylation is 2. The number of carbonyl (C=O) groups is 2. The van der Waals surface area contributed by atoms with Gasteiger partial charge in [-0.05, 0) is 51.0 Å². The predicted molar refractivity (Wildman–Crippen MR) is 87.1 cm³/mol. The molecule has 0 radical (unpaired) electrons. The lowest BCUT2D eigenvalue weighted by Crippen LogP contribution is -2.54. The van der Waals surface area contributed by atoms with Crippen LogP contribution in [0, 0.1) is 13.8 Å². The molecule has 1 N–H and O–H groups in total. The molecule has 22 heavy (non-hydrogen) atoms. The molecular formula is C17H25N3O2. The van der Waals surface area contributed by atoms with Crippen LogP contribution in [-0.2, 0) is 0 Å². The van der Waals surface area contributed by atoms with E-state index in [0.29, 0.717) is 26.2 Å². The zero-order chi connectivity index (χ0) is 16.3. The normalized spacial score (nSPS) is 15.1. The van der Waals surface area contributed by atoms with Gasteiger partial charge in [0.1, 0.15) is 0 Å². The molecule has 120 valence electrons. The number of hydrogen-bond acceptors (Lipinski definition) is 2. The summed E-state index contributed by atoms with van der Waals surface area (Å²) < 4.78 is 0. The van der Waals surface area contributed by atoms with Crippen molar-refractivity contribution < 1.29 is 9.59 Å². The van der Waals surface area contributed by atoms with Gasteiger partial charge in [-0.1, -0.05) is 6.07 Å². The quantitative estimate of drug-likeness (QED) is 0.910. The van der Waals surface area contributed by atoms with Crippen molar-refractivity contribution in [2.75, 3.05) is 26.2 Å². The van der Waals surface area contributed by atoms with E-state index in [2.05, 4.69) is 5.32 Å². The molecule has 0 atom stereocenters. The molecule has 1 saturated heterocycles. The zero-order valence-corrected chi connectivity index (χ0v) is 13.8. The van der Waals surface area contributed by atoms with Crippen LogP contribution in [0.15, 0.2) is 18.2 Å². The van der Waals surface area contributed by atoms with Crippen LogP contribution >= 0.6 is 0 Å². The zero-order valence-electron chi connectivity index (χ0n) is 13.8. The van der Waals surface area contributed by atoms with Crippen molar-refractivity contribution in [3.63, 3.8) is 0 Å². The van der Waals surface area contributed by atoms with Gasteiger partial charge in [0.05, 0.1) is 0 Å². The first kappa shape index (κ1) is 16.3. The summed E-state index contributed by atoms with van der Waals surface area (Å²) >= 11 is 0. The van der Waals surface area contributed by atoms with Gasteiger partial charge in [0.2, 0.25) is 0 Å². The first-order valence-corrected chi connectivity index (χ1v) is 7.80. The third kappa shape index (κ3) is 3.78. The molecule has 0 bridgehead atoms. The van der Waals surface area contributed by atoms with Crippen LogP contribution < -0.4 is 5.32 Å². The number of benzene rings is 1. The highest BCUT2D eigenvalue weighted by atomic mass is 16.2. The fraction of sp³-hybridized carbons (Fsp3) is 0.529. The first-order valence-electron chi connectivity index (χ1n) is 7.80. The molecule has 1 aliphatic rings. The first-order chi connectivity index (χ1) is 10.4. The van der Waals surface area contributed by atoms with Gasteiger partial charge < -0.3 is 15.1 Å². The molecular weight excluding hydrogens is 278 g/mol. The van der Waals surface area contributed by atoms with Gasteiger partial charge in [-0.15, -0.1) is 0 Å². The Kier molecular flexibility index (Phi) is 5.06. The molecule has 0 unspecified atom stereocenters. The fourth-order valence-electron chi connectivity index (χ4n) is 2.51. The van der Waals surface area contributed by atoms with E-state index in [1.807, 2.05) is 50.8 Å². The van der Waals surface area contributed by atoms with Gasteiger partial charge in [-0.3, -0.25) is 4.79 Å². The molecule has 2 rings (SSSR count). The van der Waals surface area contributed by atoms with Gasteiger partial charge in [-0.25, -0.2) is 4.79 Å². The number of nitrogens with one attached hydrogen (secondary N) is 1. The minimum Gasteiger partial charge on any atom is -0.336 e. The van der Waals surface area contributed by atoms with Crippen LogP contribution in [0.4, 0.5) is 4.79 Å². The molecule has 5 heteroatoms. The van der Waals surface area contributed by atoms with Crippen molar-refractivity contribution >= 4 is 11.9 Å². The second-order valence-electron chi connectivity index (χ2n) is 6.18. The summed E-state index contributed by atoms with van der Waals surface area (Å²) in [5.74, 6) is 0.0482. The van der Waals surface area contributed by atoms with Crippen molar-refractivity contribution in [1.29, 1.82) is 0 Å². The third-order valence-corrected chi connectivity index (χ3v) is 4.02. The molecule has 1 fully saturated rings. The van der Waals surface area contributed by atoms with Crippen LogP contribution in [-0.4, -0.2) is 54.0 Å². The summed E-state index contributed by atoms with van der Waals surface area (Å²) in [6.07, 6.45) is 0. The Hall–Kier alpha value is -2.04. The smallest absolute Gasteiger partial charge is 0.317 e. The molecule has 1 heterocycles.